The average Bonchev–Trinajstić information content (AvgIpc) is 3.02. The van der Waals surface area contributed by atoms with E-state index in [9.17, 15) is 18.0 Å². The fourth-order valence-corrected chi connectivity index (χ4v) is 1.81. The largest absolute Gasteiger partial charge is 0.522 e. The standard InChI is InChI=1S/C10H10ClF3N2O2/c11-7-5-8(17)16(3-4-18-10(12,13)14)9(15-7)6-1-2-6/h5-6H,1-4H2. The number of rotatable bonds is 4. The first kappa shape index (κ1) is 13.4. The van der Waals surface area contributed by atoms with Gasteiger partial charge in [0, 0.05) is 12.0 Å². The second kappa shape index (κ2) is 4.89. The topological polar surface area (TPSA) is 44.1 Å². The maximum Gasteiger partial charge on any atom is 0.522 e. The Labute approximate surface area is 105 Å². The molecule has 0 bridgehead atoms. The van der Waals surface area contributed by atoms with E-state index < -0.39 is 18.5 Å². The highest BCUT2D eigenvalue weighted by molar-refractivity contribution is 6.29. The second-order valence-electron chi connectivity index (χ2n) is 4.00. The van der Waals surface area contributed by atoms with E-state index in [1.54, 1.807) is 0 Å². The van der Waals surface area contributed by atoms with E-state index in [2.05, 4.69) is 9.72 Å². The fraction of sp³-hybridized carbons (Fsp3) is 0.600. The summed E-state index contributed by atoms with van der Waals surface area (Å²) in [5.74, 6) is 0.556. The van der Waals surface area contributed by atoms with E-state index >= 15 is 0 Å². The van der Waals surface area contributed by atoms with Crippen molar-refractivity contribution in [3.63, 3.8) is 0 Å². The summed E-state index contributed by atoms with van der Waals surface area (Å²) >= 11 is 5.66. The zero-order valence-electron chi connectivity index (χ0n) is 9.21. The average molecular weight is 283 g/mol. The molecule has 2 rings (SSSR count). The van der Waals surface area contributed by atoms with Crippen LogP contribution in [0.25, 0.3) is 0 Å². The lowest BCUT2D eigenvalue weighted by Crippen LogP contribution is -2.28. The van der Waals surface area contributed by atoms with Crippen LogP contribution < -0.4 is 5.56 Å². The van der Waals surface area contributed by atoms with E-state index in [-0.39, 0.29) is 17.6 Å². The van der Waals surface area contributed by atoms with Crippen molar-refractivity contribution in [3.05, 3.63) is 27.4 Å². The van der Waals surface area contributed by atoms with Gasteiger partial charge < -0.3 is 0 Å². The predicted octanol–water partition coefficient (Wildman–Crippen LogP) is 2.31. The van der Waals surface area contributed by atoms with Gasteiger partial charge in [0.15, 0.2) is 0 Å². The quantitative estimate of drug-likeness (QED) is 0.796. The molecular formula is C10H10ClF3N2O2. The van der Waals surface area contributed by atoms with Crippen molar-refractivity contribution in [2.24, 2.45) is 0 Å². The number of aromatic nitrogens is 2. The third-order valence-electron chi connectivity index (χ3n) is 2.53. The molecule has 18 heavy (non-hydrogen) atoms. The maximum atomic E-state index is 11.8. The highest BCUT2D eigenvalue weighted by Crippen LogP contribution is 2.38. The van der Waals surface area contributed by atoms with Crippen LogP contribution in [0.15, 0.2) is 10.9 Å². The lowest BCUT2D eigenvalue weighted by Gasteiger charge is -2.12. The molecule has 0 unspecified atom stereocenters. The first-order valence-corrected chi connectivity index (χ1v) is 5.72. The molecule has 0 aliphatic heterocycles. The molecule has 1 aliphatic rings. The van der Waals surface area contributed by atoms with Crippen LogP contribution in [0.2, 0.25) is 5.15 Å². The van der Waals surface area contributed by atoms with E-state index in [0.29, 0.717) is 5.82 Å². The minimum Gasteiger partial charge on any atom is -0.294 e. The van der Waals surface area contributed by atoms with Gasteiger partial charge in [-0.05, 0) is 12.8 Å². The minimum atomic E-state index is -4.69. The van der Waals surface area contributed by atoms with Crippen LogP contribution in [0.5, 0.6) is 0 Å². The predicted molar refractivity (Wildman–Crippen MR) is 57.5 cm³/mol. The molecule has 0 aromatic carbocycles. The summed E-state index contributed by atoms with van der Waals surface area (Å²) in [7, 11) is 0. The SMILES string of the molecule is O=c1cc(Cl)nc(C2CC2)n1CCOC(F)(F)F. The number of halogens is 4. The van der Waals surface area contributed by atoms with Crippen LogP contribution in [-0.4, -0.2) is 22.5 Å². The number of ether oxygens (including phenoxy) is 1. The molecule has 1 heterocycles. The lowest BCUT2D eigenvalue weighted by molar-refractivity contribution is -0.325. The van der Waals surface area contributed by atoms with Gasteiger partial charge in [0.1, 0.15) is 11.0 Å². The first-order valence-electron chi connectivity index (χ1n) is 5.35. The van der Waals surface area contributed by atoms with Crippen molar-refractivity contribution in [3.8, 4) is 0 Å². The number of alkyl halides is 3. The maximum absolute atomic E-state index is 11.8. The first-order chi connectivity index (χ1) is 8.37. The van der Waals surface area contributed by atoms with Crippen molar-refractivity contribution < 1.29 is 17.9 Å². The molecule has 1 aromatic rings. The van der Waals surface area contributed by atoms with E-state index in [0.717, 1.165) is 18.9 Å². The van der Waals surface area contributed by atoms with Crippen LogP contribution in [-0.2, 0) is 11.3 Å². The number of hydrogen-bond donors (Lipinski definition) is 0. The Balaban J connectivity index is 2.14. The van der Waals surface area contributed by atoms with E-state index in [4.69, 9.17) is 11.6 Å². The molecule has 0 saturated heterocycles. The molecule has 8 heteroatoms. The molecule has 0 amide bonds. The van der Waals surface area contributed by atoms with Crippen molar-refractivity contribution in [1.29, 1.82) is 0 Å². The summed E-state index contributed by atoms with van der Waals surface area (Å²) in [4.78, 5) is 15.7. The highest BCUT2D eigenvalue weighted by Gasteiger charge is 2.31. The zero-order chi connectivity index (χ0) is 13.3. The molecule has 1 aromatic heterocycles. The fourth-order valence-electron chi connectivity index (χ4n) is 1.63. The van der Waals surface area contributed by atoms with Crippen molar-refractivity contribution in [2.45, 2.75) is 31.7 Å². The van der Waals surface area contributed by atoms with Gasteiger partial charge in [-0.25, -0.2) is 4.98 Å². The Morgan fingerprint density at radius 1 is 1.50 bits per heavy atom. The van der Waals surface area contributed by atoms with Crippen LogP contribution in [0, 0.1) is 0 Å². The van der Waals surface area contributed by atoms with Gasteiger partial charge in [-0.1, -0.05) is 11.6 Å². The lowest BCUT2D eigenvalue weighted by atomic mass is 10.3. The molecule has 1 aliphatic carbocycles. The van der Waals surface area contributed by atoms with E-state index in [1.165, 1.54) is 4.57 Å². The van der Waals surface area contributed by atoms with Gasteiger partial charge in [0.05, 0.1) is 13.2 Å². The van der Waals surface area contributed by atoms with Crippen LogP contribution >= 0.6 is 11.6 Å². The molecule has 4 nitrogen and oxygen atoms in total. The van der Waals surface area contributed by atoms with Crippen molar-refractivity contribution in [1.82, 2.24) is 9.55 Å². The molecule has 100 valence electrons. The third kappa shape index (κ3) is 3.46. The second-order valence-corrected chi connectivity index (χ2v) is 4.38. The van der Waals surface area contributed by atoms with Crippen molar-refractivity contribution >= 4 is 11.6 Å². The minimum absolute atomic E-state index is 0.0647. The molecule has 1 saturated carbocycles. The molecular weight excluding hydrogens is 273 g/mol. The van der Waals surface area contributed by atoms with E-state index in [1.807, 2.05) is 0 Å². The number of nitrogens with zero attached hydrogens (tertiary/aromatic N) is 2. The molecule has 0 atom stereocenters. The van der Waals surface area contributed by atoms with Crippen LogP contribution in [0.1, 0.15) is 24.6 Å². The normalized spacial score (nSPS) is 16.0. The Morgan fingerprint density at radius 3 is 2.72 bits per heavy atom. The molecule has 0 radical (unpaired) electrons. The summed E-state index contributed by atoms with van der Waals surface area (Å²) < 4.78 is 40.4. The van der Waals surface area contributed by atoms with Crippen LogP contribution in [0.3, 0.4) is 0 Å². The van der Waals surface area contributed by atoms with Gasteiger partial charge in [-0.15, -0.1) is 13.2 Å². The van der Waals surface area contributed by atoms with Gasteiger partial charge in [-0.3, -0.25) is 14.1 Å². The highest BCUT2D eigenvalue weighted by atomic mass is 35.5. The van der Waals surface area contributed by atoms with Gasteiger partial charge in [0.2, 0.25) is 0 Å². The Morgan fingerprint density at radius 2 is 2.17 bits per heavy atom. The molecule has 0 spiro atoms. The van der Waals surface area contributed by atoms with Gasteiger partial charge >= 0.3 is 6.36 Å². The Kier molecular flexibility index (Phi) is 3.63. The summed E-state index contributed by atoms with van der Waals surface area (Å²) in [5, 5.41) is 0.0647. The Bertz CT molecular complexity index is 497. The summed E-state index contributed by atoms with van der Waals surface area (Å²) in [5.41, 5.74) is -0.456. The van der Waals surface area contributed by atoms with Gasteiger partial charge in [0.25, 0.3) is 5.56 Å². The summed E-state index contributed by atoms with van der Waals surface area (Å²) in [6, 6.07) is 1.08. The monoisotopic (exact) mass is 282 g/mol. The van der Waals surface area contributed by atoms with Crippen LogP contribution in [0.4, 0.5) is 13.2 Å². The van der Waals surface area contributed by atoms with Gasteiger partial charge in [-0.2, -0.15) is 0 Å². The van der Waals surface area contributed by atoms with Crippen molar-refractivity contribution in [2.75, 3.05) is 6.61 Å². The zero-order valence-corrected chi connectivity index (χ0v) is 9.96. The third-order valence-corrected chi connectivity index (χ3v) is 2.72. The molecule has 1 fully saturated rings. The smallest absolute Gasteiger partial charge is 0.294 e. The molecule has 0 N–H and O–H groups in total. The Hall–Kier alpha value is -1.08. The number of hydrogen-bond acceptors (Lipinski definition) is 3. The summed E-state index contributed by atoms with van der Waals surface area (Å²) in [6.07, 6.45) is -2.96. The summed E-state index contributed by atoms with van der Waals surface area (Å²) in [6.45, 7) is -0.805.